The van der Waals surface area contributed by atoms with E-state index in [2.05, 4.69) is 27.7 Å². The van der Waals surface area contributed by atoms with Crippen LogP contribution < -0.4 is 5.32 Å². The summed E-state index contributed by atoms with van der Waals surface area (Å²) in [5, 5.41) is 4.81. The molecule has 0 bridgehead atoms. The van der Waals surface area contributed by atoms with E-state index < -0.39 is 0 Å². The molecule has 0 rings (SSSR count). The fourth-order valence-electron chi connectivity index (χ4n) is 1.98. The van der Waals surface area contributed by atoms with Crippen LogP contribution >= 0.6 is 0 Å². The molecule has 0 amide bonds. The van der Waals surface area contributed by atoms with E-state index in [0.29, 0.717) is 0 Å². The van der Waals surface area contributed by atoms with Gasteiger partial charge in [-0.15, -0.1) is 0 Å². The highest BCUT2D eigenvalue weighted by Crippen LogP contribution is 2.16. The number of rotatable bonds is 11. The third-order valence-corrected chi connectivity index (χ3v) is 3.19. The molecule has 0 aromatic heterocycles. The van der Waals surface area contributed by atoms with Crippen LogP contribution in [0.1, 0.15) is 85.5 Å². The fourth-order valence-corrected chi connectivity index (χ4v) is 1.98. The van der Waals surface area contributed by atoms with Crippen molar-refractivity contribution in [1.29, 1.82) is 0 Å². The zero-order chi connectivity index (χ0) is 12.3. The Morgan fingerprint density at radius 2 is 1.31 bits per heavy atom. The smallest absolute Gasteiger partial charge is 0.0300 e. The van der Waals surface area contributed by atoms with E-state index in [0.717, 1.165) is 6.54 Å². The predicted octanol–water partition coefficient (Wildman–Crippen LogP) is 4.92. The molecule has 0 N–H and O–H groups in total. The molecule has 1 radical (unpaired) electrons. The van der Waals surface area contributed by atoms with Gasteiger partial charge in [0.1, 0.15) is 0 Å². The van der Waals surface area contributed by atoms with E-state index >= 15 is 0 Å². The van der Waals surface area contributed by atoms with Crippen molar-refractivity contribution < 1.29 is 0 Å². The molecular weight excluding hydrogens is 194 g/mol. The van der Waals surface area contributed by atoms with E-state index in [4.69, 9.17) is 5.32 Å². The SMILES string of the molecule is CCCCCCCC(C)(C)[N]CCCCC. The molecule has 97 valence electrons. The minimum Gasteiger partial charge on any atom is -0.236 e. The number of nitrogens with zero attached hydrogens (tertiary/aromatic N) is 1. The summed E-state index contributed by atoms with van der Waals surface area (Å²) >= 11 is 0. The third-order valence-electron chi connectivity index (χ3n) is 3.19. The Balaban J connectivity index is 3.38. The maximum absolute atomic E-state index is 4.81. The molecule has 0 atom stereocenters. The van der Waals surface area contributed by atoms with E-state index in [1.54, 1.807) is 0 Å². The molecule has 1 heteroatoms. The maximum atomic E-state index is 4.81. The van der Waals surface area contributed by atoms with Gasteiger partial charge < -0.3 is 0 Å². The third kappa shape index (κ3) is 10.5. The Kier molecular flexibility index (Phi) is 10.1. The van der Waals surface area contributed by atoms with Gasteiger partial charge in [0, 0.05) is 12.1 Å². The van der Waals surface area contributed by atoms with Gasteiger partial charge in [-0.25, -0.2) is 5.32 Å². The number of unbranched alkanes of at least 4 members (excludes halogenated alkanes) is 6. The van der Waals surface area contributed by atoms with Crippen LogP contribution in [0, 0.1) is 0 Å². The first-order chi connectivity index (χ1) is 7.62. The summed E-state index contributed by atoms with van der Waals surface area (Å²) in [6, 6.07) is 0. The zero-order valence-electron chi connectivity index (χ0n) is 12.0. The fraction of sp³-hybridized carbons (Fsp3) is 1.00. The monoisotopic (exact) mass is 226 g/mol. The standard InChI is InChI=1S/C15H32N/c1-5-7-9-10-11-13-15(3,4)16-14-12-8-6-2/h5-14H2,1-4H3. The van der Waals surface area contributed by atoms with Crippen LogP contribution in [0.2, 0.25) is 0 Å². The van der Waals surface area contributed by atoms with Crippen LogP contribution in [-0.2, 0) is 0 Å². The minimum atomic E-state index is 0.222. The van der Waals surface area contributed by atoms with Crippen molar-refractivity contribution in [1.82, 2.24) is 5.32 Å². The molecule has 0 aliphatic carbocycles. The average Bonchev–Trinajstić information content (AvgIpc) is 2.24. The van der Waals surface area contributed by atoms with Crippen molar-refractivity contribution in [2.24, 2.45) is 0 Å². The van der Waals surface area contributed by atoms with E-state index in [1.807, 2.05) is 0 Å². The molecule has 0 fully saturated rings. The van der Waals surface area contributed by atoms with Gasteiger partial charge >= 0.3 is 0 Å². The summed E-state index contributed by atoms with van der Waals surface area (Å²) in [6.45, 7) is 10.2. The number of hydrogen-bond donors (Lipinski definition) is 0. The quantitative estimate of drug-likeness (QED) is 0.444. The largest absolute Gasteiger partial charge is 0.236 e. The predicted molar refractivity (Wildman–Crippen MR) is 74.0 cm³/mol. The van der Waals surface area contributed by atoms with Gasteiger partial charge in [0.2, 0.25) is 0 Å². The average molecular weight is 226 g/mol. The maximum Gasteiger partial charge on any atom is 0.0300 e. The highest BCUT2D eigenvalue weighted by atomic mass is 14.9. The molecule has 0 aliphatic heterocycles. The lowest BCUT2D eigenvalue weighted by Gasteiger charge is -2.24. The zero-order valence-corrected chi connectivity index (χ0v) is 12.0. The lowest BCUT2D eigenvalue weighted by Crippen LogP contribution is -2.33. The molecule has 0 heterocycles. The molecule has 0 spiro atoms. The summed E-state index contributed by atoms with van der Waals surface area (Å²) < 4.78 is 0. The lowest BCUT2D eigenvalue weighted by atomic mass is 9.96. The summed E-state index contributed by atoms with van der Waals surface area (Å²) in [6.07, 6.45) is 12.1. The molecule has 0 unspecified atom stereocenters. The van der Waals surface area contributed by atoms with E-state index in [1.165, 1.54) is 57.8 Å². The van der Waals surface area contributed by atoms with E-state index in [-0.39, 0.29) is 5.54 Å². The Morgan fingerprint density at radius 3 is 1.94 bits per heavy atom. The van der Waals surface area contributed by atoms with Crippen molar-refractivity contribution in [3.63, 3.8) is 0 Å². The molecule has 0 aromatic carbocycles. The molecule has 0 saturated heterocycles. The van der Waals surface area contributed by atoms with Crippen LogP contribution in [0.4, 0.5) is 0 Å². The van der Waals surface area contributed by atoms with Gasteiger partial charge in [-0.3, -0.25) is 0 Å². The Bertz CT molecular complexity index is 140. The van der Waals surface area contributed by atoms with Crippen LogP contribution in [0.3, 0.4) is 0 Å². The van der Waals surface area contributed by atoms with Crippen LogP contribution in [-0.4, -0.2) is 12.1 Å². The summed E-state index contributed by atoms with van der Waals surface area (Å²) in [5.74, 6) is 0. The Morgan fingerprint density at radius 1 is 0.750 bits per heavy atom. The van der Waals surface area contributed by atoms with Gasteiger partial charge in [0.15, 0.2) is 0 Å². The lowest BCUT2D eigenvalue weighted by molar-refractivity contribution is 0.336. The van der Waals surface area contributed by atoms with Crippen LogP contribution in [0.25, 0.3) is 0 Å². The highest BCUT2D eigenvalue weighted by Gasteiger charge is 2.16. The number of hydrogen-bond acceptors (Lipinski definition) is 0. The molecule has 0 aromatic rings. The normalized spacial score (nSPS) is 12.0. The van der Waals surface area contributed by atoms with Crippen molar-refractivity contribution in [3.05, 3.63) is 0 Å². The highest BCUT2D eigenvalue weighted by molar-refractivity contribution is 4.76. The summed E-state index contributed by atoms with van der Waals surface area (Å²) in [5.41, 5.74) is 0.222. The molecule has 16 heavy (non-hydrogen) atoms. The van der Waals surface area contributed by atoms with E-state index in [9.17, 15) is 0 Å². The second-order valence-electron chi connectivity index (χ2n) is 5.57. The van der Waals surface area contributed by atoms with Crippen LogP contribution in [0.15, 0.2) is 0 Å². The summed E-state index contributed by atoms with van der Waals surface area (Å²) in [4.78, 5) is 0. The molecule has 0 aliphatic rings. The Hall–Kier alpha value is -0.0400. The minimum absolute atomic E-state index is 0.222. The topological polar surface area (TPSA) is 14.1 Å². The van der Waals surface area contributed by atoms with Crippen molar-refractivity contribution >= 4 is 0 Å². The molecule has 1 nitrogen and oxygen atoms in total. The van der Waals surface area contributed by atoms with Gasteiger partial charge in [0.25, 0.3) is 0 Å². The first-order valence-electron chi connectivity index (χ1n) is 7.31. The second kappa shape index (κ2) is 10.1. The van der Waals surface area contributed by atoms with Gasteiger partial charge in [0.05, 0.1) is 0 Å². The van der Waals surface area contributed by atoms with Crippen molar-refractivity contribution in [2.75, 3.05) is 6.54 Å². The van der Waals surface area contributed by atoms with Gasteiger partial charge in [-0.05, 0) is 26.7 Å². The van der Waals surface area contributed by atoms with Gasteiger partial charge in [-0.1, -0.05) is 58.8 Å². The van der Waals surface area contributed by atoms with Crippen LogP contribution in [0.5, 0.6) is 0 Å². The Labute approximate surface area is 103 Å². The van der Waals surface area contributed by atoms with Gasteiger partial charge in [-0.2, -0.15) is 0 Å². The van der Waals surface area contributed by atoms with Crippen molar-refractivity contribution in [3.8, 4) is 0 Å². The molecular formula is C15H32N. The molecule has 0 saturated carbocycles. The van der Waals surface area contributed by atoms with Crippen molar-refractivity contribution in [2.45, 2.75) is 91.0 Å². The summed E-state index contributed by atoms with van der Waals surface area (Å²) in [7, 11) is 0. The first-order valence-corrected chi connectivity index (χ1v) is 7.31. The first kappa shape index (κ1) is 16.0. The second-order valence-corrected chi connectivity index (χ2v) is 5.57.